The molecule has 0 aliphatic heterocycles. The summed E-state index contributed by atoms with van der Waals surface area (Å²) in [6.07, 6.45) is 0. The highest BCUT2D eigenvalue weighted by atomic mass is 16.6. The van der Waals surface area contributed by atoms with Crippen molar-refractivity contribution in [3.63, 3.8) is 0 Å². The second-order valence-electron chi connectivity index (χ2n) is 4.35. The molecule has 2 N–H and O–H groups in total. The summed E-state index contributed by atoms with van der Waals surface area (Å²) in [5, 5.41) is 23.3. The smallest absolute Gasteiger partial charge is 0.290 e. The van der Waals surface area contributed by atoms with Gasteiger partial charge in [0.1, 0.15) is 11.5 Å². The standard InChI is InChI=1S/C14H15N3O3/c1-10-13(17(19)20)7-8-14(15-10)16-12(9-18)11-5-3-2-4-6-11/h2-8,12,18H,9H2,1H3,(H,15,16). The minimum atomic E-state index is -0.465. The molecule has 0 saturated carbocycles. The quantitative estimate of drug-likeness (QED) is 0.645. The van der Waals surface area contributed by atoms with Gasteiger partial charge < -0.3 is 10.4 Å². The number of aliphatic hydroxyl groups excluding tert-OH is 1. The molecule has 0 saturated heterocycles. The van der Waals surface area contributed by atoms with Crippen LogP contribution in [0.1, 0.15) is 17.3 Å². The topological polar surface area (TPSA) is 88.3 Å². The van der Waals surface area contributed by atoms with Crippen molar-refractivity contribution in [2.75, 3.05) is 11.9 Å². The van der Waals surface area contributed by atoms with Crippen molar-refractivity contribution < 1.29 is 10.0 Å². The number of hydrogen-bond donors (Lipinski definition) is 2. The fourth-order valence-electron chi connectivity index (χ4n) is 1.93. The number of benzene rings is 1. The van der Waals surface area contributed by atoms with E-state index in [0.717, 1.165) is 5.56 Å². The molecule has 104 valence electrons. The first-order chi connectivity index (χ1) is 9.61. The monoisotopic (exact) mass is 273 g/mol. The van der Waals surface area contributed by atoms with Gasteiger partial charge in [0.15, 0.2) is 0 Å². The van der Waals surface area contributed by atoms with Gasteiger partial charge in [-0.2, -0.15) is 0 Å². The summed E-state index contributed by atoms with van der Waals surface area (Å²) in [5.41, 5.74) is 1.24. The van der Waals surface area contributed by atoms with Crippen LogP contribution < -0.4 is 5.32 Å². The fourth-order valence-corrected chi connectivity index (χ4v) is 1.93. The maximum absolute atomic E-state index is 10.7. The molecule has 0 amide bonds. The Kier molecular flexibility index (Phi) is 4.27. The number of aryl methyl sites for hydroxylation is 1. The third kappa shape index (κ3) is 3.10. The second kappa shape index (κ2) is 6.12. The molecule has 1 unspecified atom stereocenters. The van der Waals surface area contributed by atoms with E-state index in [4.69, 9.17) is 0 Å². The number of aliphatic hydroxyl groups is 1. The SMILES string of the molecule is Cc1nc(NC(CO)c2ccccc2)ccc1[N+](=O)[O-]. The van der Waals surface area contributed by atoms with E-state index in [2.05, 4.69) is 10.3 Å². The zero-order chi connectivity index (χ0) is 14.5. The van der Waals surface area contributed by atoms with Gasteiger partial charge in [0.2, 0.25) is 0 Å². The van der Waals surface area contributed by atoms with E-state index in [0.29, 0.717) is 11.5 Å². The number of nitrogens with zero attached hydrogens (tertiary/aromatic N) is 2. The summed E-state index contributed by atoms with van der Waals surface area (Å²) >= 11 is 0. The van der Waals surface area contributed by atoms with Crippen LogP contribution in [-0.4, -0.2) is 21.6 Å². The van der Waals surface area contributed by atoms with E-state index < -0.39 is 4.92 Å². The maximum Gasteiger partial charge on any atom is 0.290 e. The van der Waals surface area contributed by atoms with E-state index in [-0.39, 0.29) is 18.3 Å². The van der Waals surface area contributed by atoms with Gasteiger partial charge in [-0.25, -0.2) is 4.98 Å². The van der Waals surface area contributed by atoms with Crippen LogP contribution in [0.15, 0.2) is 42.5 Å². The molecular formula is C14H15N3O3. The molecular weight excluding hydrogens is 258 g/mol. The summed E-state index contributed by atoms with van der Waals surface area (Å²) in [4.78, 5) is 14.4. The van der Waals surface area contributed by atoms with Crippen LogP contribution in [0.25, 0.3) is 0 Å². The molecule has 1 heterocycles. The van der Waals surface area contributed by atoms with Crippen LogP contribution in [0.4, 0.5) is 11.5 Å². The Morgan fingerprint density at radius 3 is 2.55 bits per heavy atom. The number of anilines is 1. The zero-order valence-corrected chi connectivity index (χ0v) is 11.0. The molecule has 0 spiro atoms. The normalized spacial score (nSPS) is 11.9. The van der Waals surface area contributed by atoms with Crippen LogP contribution in [0.2, 0.25) is 0 Å². The molecule has 2 rings (SSSR count). The van der Waals surface area contributed by atoms with Gasteiger partial charge in [0.25, 0.3) is 5.69 Å². The fraction of sp³-hybridized carbons (Fsp3) is 0.214. The lowest BCUT2D eigenvalue weighted by molar-refractivity contribution is -0.385. The lowest BCUT2D eigenvalue weighted by Gasteiger charge is -2.17. The average Bonchev–Trinajstić information content (AvgIpc) is 2.45. The largest absolute Gasteiger partial charge is 0.394 e. The summed E-state index contributed by atoms with van der Waals surface area (Å²) in [6.45, 7) is 1.49. The minimum absolute atomic E-state index is 0.0178. The van der Waals surface area contributed by atoms with Crippen LogP contribution in [-0.2, 0) is 0 Å². The Hall–Kier alpha value is -2.47. The predicted molar refractivity (Wildman–Crippen MR) is 75.5 cm³/mol. The van der Waals surface area contributed by atoms with Gasteiger partial charge in [-0.05, 0) is 18.6 Å². The van der Waals surface area contributed by atoms with E-state index in [1.54, 1.807) is 6.92 Å². The highest BCUT2D eigenvalue weighted by molar-refractivity contribution is 5.46. The molecule has 2 aromatic rings. The molecule has 6 nitrogen and oxygen atoms in total. The lowest BCUT2D eigenvalue weighted by Crippen LogP contribution is -2.15. The maximum atomic E-state index is 10.7. The molecule has 0 aliphatic carbocycles. The number of hydrogen-bond acceptors (Lipinski definition) is 5. The Morgan fingerprint density at radius 2 is 2.00 bits per heavy atom. The molecule has 20 heavy (non-hydrogen) atoms. The molecule has 1 aromatic carbocycles. The van der Waals surface area contributed by atoms with Gasteiger partial charge in [-0.1, -0.05) is 30.3 Å². The predicted octanol–water partition coefficient (Wildman–Crippen LogP) is 2.44. The molecule has 0 aliphatic rings. The van der Waals surface area contributed by atoms with Gasteiger partial charge in [0, 0.05) is 6.07 Å². The highest BCUT2D eigenvalue weighted by Gasteiger charge is 2.14. The van der Waals surface area contributed by atoms with E-state index in [9.17, 15) is 15.2 Å². The van der Waals surface area contributed by atoms with Crippen LogP contribution in [0.5, 0.6) is 0 Å². The number of nitrogens with one attached hydrogen (secondary N) is 1. The molecule has 0 bridgehead atoms. The summed E-state index contributed by atoms with van der Waals surface area (Å²) in [7, 11) is 0. The summed E-state index contributed by atoms with van der Waals surface area (Å²) < 4.78 is 0. The van der Waals surface area contributed by atoms with Crippen molar-refractivity contribution in [3.8, 4) is 0 Å². The first-order valence-corrected chi connectivity index (χ1v) is 6.16. The van der Waals surface area contributed by atoms with E-state index in [1.807, 2.05) is 30.3 Å². The molecule has 1 atom stereocenters. The van der Waals surface area contributed by atoms with Crippen molar-refractivity contribution in [1.29, 1.82) is 0 Å². The number of nitro groups is 1. The van der Waals surface area contributed by atoms with Crippen molar-refractivity contribution in [1.82, 2.24) is 4.98 Å². The van der Waals surface area contributed by atoms with Crippen LogP contribution in [0.3, 0.4) is 0 Å². The van der Waals surface area contributed by atoms with Crippen molar-refractivity contribution in [2.45, 2.75) is 13.0 Å². The number of pyridine rings is 1. The first-order valence-electron chi connectivity index (χ1n) is 6.16. The molecule has 1 aromatic heterocycles. The molecule has 0 fully saturated rings. The Morgan fingerprint density at radius 1 is 1.30 bits per heavy atom. The third-order valence-electron chi connectivity index (χ3n) is 2.96. The van der Waals surface area contributed by atoms with Gasteiger partial charge in [-0.15, -0.1) is 0 Å². The van der Waals surface area contributed by atoms with Crippen molar-refractivity contribution >= 4 is 11.5 Å². The van der Waals surface area contributed by atoms with Crippen molar-refractivity contribution in [2.24, 2.45) is 0 Å². The number of rotatable bonds is 5. The number of aromatic nitrogens is 1. The Labute approximate surface area is 116 Å². The molecule has 6 heteroatoms. The Bertz CT molecular complexity index is 602. The summed E-state index contributed by atoms with van der Waals surface area (Å²) in [5.74, 6) is 0.496. The van der Waals surface area contributed by atoms with Crippen molar-refractivity contribution in [3.05, 3.63) is 63.8 Å². The van der Waals surface area contributed by atoms with E-state index >= 15 is 0 Å². The van der Waals surface area contributed by atoms with Gasteiger partial charge in [0.05, 0.1) is 17.6 Å². The summed E-state index contributed by atoms with van der Waals surface area (Å²) in [6, 6.07) is 12.1. The van der Waals surface area contributed by atoms with Gasteiger partial charge in [-0.3, -0.25) is 10.1 Å². The van der Waals surface area contributed by atoms with Crippen LogP contribution in [0, 0.1) is 17.0 Å². The lowest BCUT2D eigenvalue weighted by atomic mass is 10.1. The van der Waals surface area contributed by atoms with E-state index in [1.165, 1.54) is 12.1 Å². The second-order valence-corrected chi connectivity index (χ2v) is 4.35. The Balaban J connectivity index is 2.20. The van der Waals surface area contributed by atoms with Crippen LogP contribution >= 0.6 is 0 Å². The average molecular weight is 273 g/mol. The first kappa shape index (κ1) is 14.0. The van der Waals surface area contributed by atoms with Gasteiger partial charge >= 0.3 is 0 Å². The minimum Gasteiger partial charge on any atom is -0.394 e. The highest BCUT2D eigenvalue weighted by Crippen LogP contribution is 2.21. The third-order valence-corrected chi connectivity index (χ3v) is 2.96. The molecule has 0 radical (unpaired) electrons. The zero-order valence-electron chi connectivity index (χ0n) is 11.0.